The van der Waals surface area contributed by atoms with Gasteiger partial charge in [-0.25, -0.2) is 0 Å². The van der Waals surface area contributed by atoms with Crippen LogP contribution in [0.25, 0.3) is 0 Å². The number of halogens is 1. The van der Waals surface area contributed by atoms with Crippen LogP contribution >= 0.6 is 11.6 Å². The van der Waals surface area contributed by atoms with Crippen molar-refractivity contribution in [2.24, 2.45) is 0 Å². The summed E-state index contributed by atoms with van der Waals surface area (Å²) in [5.74, 6) is 1.34. The normalized spacial score (nSPS) is 10.3. The minimum Gasteiger partial charge on any atom is -0.493 e. The predicted octanol–water partition coefficient (Wildman–Crippen LogP) is 4.45. The van der Waals surface area contributed by atoms with Crippen LogP contribution in [0.1, 0.15) is 16.1 Å². The molecule has 0 fully saturated rings. The molecule has 0 atom stereocenters. The molecule has 0 aliphatic heterocycles. The molecule has 2 aromatic carbocycles. The number of hydrogen-bond donors (Lipinski definition) is 2. The van der Waals surface area contributed by atoms with Crippen molar-refractivity contribution in [1.82, 2.24) is 10.2 Å². The van der Waals surface area contributed by atoms with Gasteiger partial charge in [-0.15, -0.1) is 10.2 Å². The molecule has 8 heteroatoms. The highest BCUT2D eigenvalue weighted by Crippen LogP contribution is 2.30. The number of benzene rings is 2. The third-order valence-corrected chi connectivity index (χ3v) is 4.39. The van der Waals surface area contributed by atoms with Crippen LogP contribution < -0.4 is 20.1 Å². The van der Waals surface area contributed by atoms with Gasteiger partial charge < -0.3 is 20.1 Å². The van der Waals surface area contributed by atoms with E-state index in [4.69, 9.17) is 21.1 Å². The molecular formula is C20H19ClN4O3. The quantitative estimate of drug-likeness (QED) is 0.638. The van der Waals surface area contributed by atoms with E-state index in [-0.39, 0.29) is 11.6 Å². The molecule has 3 rings (SSSR count). The summed E-state index contributed by atoms with van der Waals surface area (Å²) in [5, 5.41) is 14.4. The van der Waals surface area contributed by atoms with Gasteiger partial charge in [0, 0.05) is 22.5 Å². The highest BCUT2D eigenvalue weighted by molar-refractivity contribution is 6.31. The monoisotopic (exact) mass is 398 g/mol. The maximum Gasteiger partial charge on any atom is 0.276 e. The first-order chi connectivity index (χ1) is 13.5. The molecule has 0 spiro atoms. The topological polar surface area (TPSA) is 85.4 Å². The molecule has 0 bridgehead atoms. The third-order valence-electron chi connectivity index (χ3n) is 3.98. The van der Waals surface area contributed by atoms with Gasteiger partial charge in [0.05, 0.1) is 14.2 Å². The maximum atomic E-state index is 12.3. The van der Waals surface area contributed by atoms with Gasteiger partial charge >= 0.3 is 0 Å². The molecule has 0 aliphatic carbocycles. The number of anilines is 3. The summed E-state index contributed by atoms with van der Waals surface area (Å²) in [6.45, 7) is 1.89. The highest BCUT2D eigenvalue weighted by Gasteiger charge is 2.10. The molecule has 7 nitrogen and oxygen atoms in total. The van der Waals surface area contributed by atoms with Crippen LogP contribution in [0.2, 0.25) is 5.02 Å². The Morgan fingerprint density at radius 2 is 1.68 bits per heavy atom. The zero-order valence-corrected chi connectivity index (χ0v) is 16.4. The lowest BCUT2D eigenvalue weighted by atomic mass is 10.2. The van der Waals surface area contributed by atoms with Crippen LogP contribution in [-0.2, 0) is 0 Å². The van der Waals surface area contributed by atoms with E-state index in [1.54, 1.807) is 50.6 Å². The smallest absolute Gasteiger partial charge is 0.276 e. The first-order valence-corrected chi connectivity index (χ1v) is 8.78. The van der Waals surface area contributed by atoms with Gasteiger partial charge in [-0.05, 0) is 48.9 Å². The SMILES string of the molecule is COc1ccc(Nc2ccc(C(=O)Nc3ccc(C)c(Cl)c3)nn2)cc1OC. The second-order valence-corrected chi connectivity index (χ2v) is 6.32. The number of rotatable bonds is 6. The predicted molar refractivity (Wildman–Crippen MR) is 109 cm³/mol. The Bertz CT molecular complexity index is 993. The van der Waals surface area contributed by atoms with E-state index in [0.717, 1.165) is 11.3 Å². The molecule has 1 amide bonds. The van der Waals surface area contributed by atoms with E-state index in [1.807, 2.05) is 19.1 Å². The molecule has 0 aliphatic rings. The number of amides is 1. The van der Waals surface area contributed by atoms with E-state index in [0.29, 0.717) is 28.0 Å². The molecule has 144 valence electrons. The summed E-state index contributed by atoms with van der Waals surface area (Å²) in [7, 11) is 3.14. The Morgan fingerprint density at radius 1 is 0.929 bits per heavy atom. The molecule has 0 saturated carbocycles. The second kappa shape index (κ2) is 8.58. The van der Waals surface area contributed by atoms with Gasteiger partial charge in [0.15, 0.2) is 23.0 Å². The Hall–Kier alpha value is -3.32. The van der Waals surface area contributed by atoms with Crippen LogP contribution in [0.15, 0.2) is 48.5 Å². The average Bonchev–Trinajstić information content (AvgIpc) is 2.71. The summed E-state index contributed by atoms with van der Waals surface area (Å²) in [5.41, 5.74) is 2.47. The summed E-state index contributed by atoms with van der Waals surface area (Å²) >= 11 is 6.08. The number of aryl methyl sites for hydroxylation is 1. The van der Waals surface area contributed by atoms with Gasteiger partial charge in [0.1, 0.15) is 0 Å². The van der Waals surface area contributed by atoms with Crippen LogP contribution in [0, 0.1) is 6.92 Å². The molecule has 28 heavy (non-hydrogen) atoms. The standard InChI is InChI=1S/C20H19ClN4O3/c1-12-4-5-13(10-15(12)21)23-20(26)16-7-9-19(25-24-16)22-14-6-8-17(27-2)18(11-14)28-3/h4-11H,1-3H3,(H,22,25)(H,23,26). The van der Waals surface area contributed by atoms with Crippen molar-refractivity contribution in [2.45, 2.75) is 6.92 Å². The van der Waals surface area contributed by atoms with Gasteiger partial charge in [-0.1, -0.05) is 17.7 Å². The Morgan fingerprint density at radius 3 is 2.32 bits per heavy atom. The Kier molecular flexibility index (Phi) is 5.96. The van der Waals surface area contributed by atoms with E-state index in [1.165, 1.54) is 0 Å². The molecular weight excluding hydrogens is 380 g/mol. The fourth-order valence-corrected chi connectivity index (χ4v) is 2.63. The largest absolute Gasteiger partial charge is 0.493 e. The van der Waals surface area contributed by atoms with E-state index in [9.17, 15) is 4.79 Å². The van der Waals surface area contributed by atoms with Crippen molar-refractivity contribution < 1.29 is 14.3 Å². The molecule has 2 N–H and O–H groups in total. The van der Waals surface area contributed by atoms with E-state index >= 15 is 0 Å². The number of ether oxygens (including phenoxy) is 2. The van der Waals surface area contributed by atoms with Gasteiger partial charge in [-0.2, -0.15) is 0 Å². The fourth-order valence-electron chi connectivity index (χ4n) is 2.45. The van der Waals surface area contributed by atoms with Crippen molar-refractivity contribution in [2.75, 3.05) is 24.9 Å². The van der Waals surface area contributed by atoms with Crippen molar-refractivity contribution in [3.8, 4) is 11.5 Å². The van der Waals surface area contributed by atoms with Crippen molar-refractivity contribution in [1.29, 1.82) is 0 Å². The summed E-state index contributed by atoms with van der Waals surface area (Å²) in [6, 6.07) is 13.9. The average molecular weight is 399 g/mol. The highest BCUT2D eigenvalue weighted by atomic mass is 35.5. The summed E-state index contributed by atoms with van der Waals surface area (Å²) < 4.78 is 10.5. The Labute approximate surface area is 167 Å². The zero-order valence-electron chi connectivity index (χ0n) is 15.6. The molecule has 0 unspecified atom stereocenters. The molecule has 0 radical (unpaired) electrons. The lowest BCUT2D eigenvalue weighted by Gasteiger charge is -2.11. The van der Waals surface area contributed by atoms with E-state index < -0.39 is 0 Å². The second-order valence-electron chi connectivity index (χ2n) is 5.92. The molecule has 0 saturated heterocycles. The fraction of sp³-hybridized carbons (Fsp3) is 0.150. The zero-order chi connectivity index (χ0) is 20.1. The number of methoxy groups -OCH3 is 2. The number of hydrogen-bond acceptors (Lipinski definition) is 6. The lowest BCUT2D eigenvalue weighted by molar-refractivity contribution is 0.102. The number of nitrogens with zero attached hydrogens (tertiary/aromatic N) is 2. The molecule has 1 aromatic heterocycles. The van der Waals surface area contributed by atoms with Crippen LogP contribution in [0.3, 0.4) is 0 Å². The molecule has 1 heterocycles. The number of nitrogens with one attached hydrogen (secondary N) is 2. The Balaban J connectivity index is 1.69. The maximum absolute atomic E-state index is 12.3. The lowest BCUT2D eigenvalue weighted by Crippen LogP contribution is -2.14. The van der Waals surface area contributed by atoms with Crippen molar-refractivity contribution in [3.63, 3.8) is 0 Å². The number of carbonyl (C=O) groups is 1. The minimum atomic E-state index is -0.370. The number of aromatic nitrogens is 2. The van der Waals surface area contributed by atoms with Gasteiger partial charge in [-0.3, -0.25) is 4.79 Å². The van der Waals surface area contributed by atoms with Crippen LogP contribution in [0.5, 0.6) is 11.5 Å². The van der Waals surface area contributed by atoms with Crippen LogP contribution in [-0.4, -0.2) is 30.3 Å². The first kappa shape index (κ1) is 19.4. The summed E-state index contributed by atoms with van der Waals surface area (Å²) in [4.78, 5) is 12.3. The molecule has 3 aromatic rings. The first-order valence-electron chi connectivity index (χ1n) is 8.40. The summed E-state index contributed by atoms with van der Waals surface area (Å²) in [6.07, 6.45) is 0. The van der Waals surface area contributed by atoms with E-state index in [2.05, 4.69) is 20.8 Å². The third kappa shape index (κ3) is 4.50. The van der Waals surface area contributed by atoms with Gasteiger partial charge in [0.2, 0.25) is 0 Å². The van der Waals surface area contributed by atoms with Crippen LogP contribution in [0.4, 0.5) is 17.2 Å². The minimum absolute atomic E-state index is 0.189. The number of carbonyl (C=O) groups excluding carboxylic acids is 1. The van der Waals surface area contributed by atoms with Gasteiger partial charge in [0.25, 0.3) is 5.91 Å². The van der Waals surface area contributed by atoms with Crippen molar-refractivity contribution >= 4 is 34.7 Å². The van der Waals surface area contributed by atoms with Crippen molar-refractivity contribution in [3.05, 3.63) is 64.8 Å².